The van der Waals surface area contributed by atoms with Crippen LogP contribution in [0.15, 0.2) is 48.5 Å². The third-order valence-corrected chi connectivity index (χ3v) is 5.64. The molecule has 0 radical (unpaired) electrons. The quantitative estimate of drug-likeness (QED) is 0.202. The number of carbonyl (C=O) groups is 5. The molecule has 0 spiro atoms. The standard InChI is InChI=1S/C26H31N3O8/c27-25(36)20(9-12-23(32)33)29-26(37)21(10-13-24(34)35)28-22(31)11-6-16-4-7-18(8-5-16)19-3-1-2-17(14-19)15-30/h1-5,7-8,14,20-21,30H,6,9-13,15H2,(H2,27,36)(H,28,31)(H,29,37)(H,32,33)(H,34,35)/t20-,21?/m0/s1. The zero-order valence-electron chi connectivity index (χ0n) is 20.2. The van der Waals surface area contributed by atoms with E-state index in [0.29, 0.717) is 6.42 Å². The van der Waals surface area contributed by atoms with Crippen molar-refractivity contribution < 1.29 is 39.3 Å². The minimum atomic E-state index is -1.27. The highest BCUT2D eigenvalue weighted by Gasteiger charge is 2.26. The summed E-state index contributed by atoms with van der Waals surface area (Å²) in [5, 5.41) is 31.9. The Morgan fingerprint density at radius 2 is 1.38 bits per heavy atom. The molecule has 7 N–H and O–H groups in total. The van der Waals surface area contributed by atoms with Crippen LogP contribution < -0.4 is 16.4 Å². The molecule has 3 amide bonds. The molecular formula is C26H31N3O8. The van der Waals surface area contributed by atoms with Crippen molar-refractivity contribution in [2.24, 2.45) is 5.73 Å². The molecule has 0 saturated carbocycles. The lowest BCUT2D eigenvalue weighted by Crippen LogP contribution is -2.53. The lowest BCUT2D eigenvalue weighted by Gasteiger charge is -2.21. The van der Waals surface area contributed by atoms with E-state index in [-0.39, 0.29) is 25.9 Å². The average Bonchev–Trinajstić information content (AvgIpc) is 2.87. The second-order valence-electron chi connectivity index (χ2n) is 8.50. The normalized spacial score (nSPS) is 12.2. The summed E-state index contributed by atoms with van der Waals surface area (Å²) in [5.74, 6) is -4.61. The van der Waals surface area contributed by atoms with Crippen LogP contribution in [0.3, 0.4) is 0 Å². The summed E-state index contributed by atoms with van der Waals surface area (Å²) >= 11 is 0. The molecule has 2 aromatic carbocycles. The van der Waals surface area contributed by atoms with Crippen LogP contribution in [0.25, 0.3) is 11.1 Å². The first-order valence-electron chi connectivity index (χ1n) is 11.7. The minimum absolute atomic E-state index is 0.0223. The van der Waals surface area contributed by atoms with Gasteiger partial charge in [0, 0.05) is 19.3 Å². The highest BCUT2D eigenvalue weighted by molar-refractivity contribution is 5.92. The van der Waals surface area contributed by atoms with Gasteiger partial charge < -0.3 is 31.7 Å². The Hall–Kier alpha value is -4.25. The van der Waals surface area contributed by atoms with Crippen LogP contribution in [-0.4, -0.2) is 57.1 Å². The van der Waals surface area contributed by atoms with E-state index in [1.165, 1.54) is 0 Å². The number of hydrogen-bond acceptors (Lipinski definition) is 6. The van der Waals surface area contributed by atoms with Gasteiger partial charge >= 0.3 is 11.9 Å². The molecule has 11 nitrogen and oxygen atoms in total. The first-order valence-corrected chi connectivity index (χ1v) is 11.7. The maximum Gasteiger partial charge on any atom is 0.303 e. The van der Waals surface area contributed by atoms with Gasteiger partial charge in [-0.15, -0.1) is 0 Å². The Labute approximate surface area is 213 Å². The van der Waals surface area contributed by atoms with E-state index >= 15 is 0 Å². The summed E-state index contributed by atoms with van der Waals surface area (Å²) in [6.45, 7) is -0.0575. The van der Waals surface area contributed by atoms with Crippen molar-refractivity contribution in [3.05, 3.63) is 59.7 Å². The number of rotatable bonds is 15. The number of aliphatic hydroxyl groups excluding tert-OH is 1. The monoisotopic (exact) mass is 513 g/mol. The third-order valence-electron chi connectivity index (χ3n) is 5.64. The molecule has 0 aromatic heterocycles. The maximum atomic E-state index is 12.7. The lowest BCUT2D eigenvalue weighted by molar-refractivity contribution is -0.139. The van der Waals surface area contributed by atoms with E-state index in [2.05, 4.69) is 10.6 Å². The van der Waals surface area contributed by atoms with Crippen molar-refractivity contribution in [1.29, 1.82) is 0 Å². The number of carboxylic acid groups (broad SMARTS) is 2. The van der Waals surface area contributed by atoms with Crippen LogP contribution >= 0.6 is 0 Å². The predicted octanol–water partition coefficient (Wildman–Crippen LogP) is 0.963. The summed E-state index contributed by atoms with van der Waals surface area (Å²) in [7, 11) is 0. The summed E-state index contributed by atoms with van der Waals surface area (Å²) in [6.07, 6.45) is -0.901. The van der Waals surface area contributed by atoms with Gasteiger partial charge in [-0.2, -0.15) is 0 Å². The number of carboxylic acids is 2. The number of carbonyl (C=O) groups excluding carboxylic acids is 3. The highest BCUT2D eigenvalue weighted by atomic mass is 16.4. The van der Waals surface area contributed by atoms with Crippen molar-refractivity contribution in [3.63, 3.8) is 0 Å². The Bertz CT molecular complexity index is 1120. The van der Waals surface area contributed by atoms with E-state index in [0.717, 1.165) is 22.3 Å². The number of primary amides is 1. The van der Waals surface area contributed by atoms with Crippen molar-refractivity contribution in [3.8, 4) is 11.1 Å². The Morgan fingerprint density at radius 3 is 1.95 bits per heavy atom. The van der Waals surface area contributed by atoms with Crippen LogP contribution in [0, 0.1) is 0 Å². The number of benzene rings is 2. The zero-order chi connectivity index (χ0) is 27.4. The number of hydrogen-bond donors (Lipinski definition) is 6. The smallest absolute Gasteiger partial charge is 0.303 e. The van der Waals surface area contributed by atoms with Gasteiger partial charge in [0.25, 0.3) is 0 Å². The van der Waals surface area contributed by atoms with Crippen molar-refractivity contribution in [1.82, 2.24) is 10.6 Å². The summed E-state index contributed by atoms with van der Waals surface area (Å²) in [5.41, 5.74) is 8.78. The molecule has 0 saturated heterocycles. The van der Waals surface area contributed by atoms with Crippen LogP contribution in [0.5, 0.6) is 0 Å². The van der Waals surface area contributed by atoms with E-state index in [1.54, 1.807) is 0 Å². The molecule has 11 heteroatoms. The third kappa shape index (κ3) is 10.1. The molecule has 37 heavy (non-hydrogen) atoms. The number of aliphatic carboxylic acids is 2. The number of aryl methyl sites for hydroxylation is 1. The second kappa shape index (κ2) is 14.3. The fourth-order valence-corrected chi connectivity index (χ4v) is 3.60. The van der Waals surface area contributed by atoms with Crippen LogP contribution in [0.4, 0.5) is 0 Å². The summed E-state index contributed by atoms with van der Waals surface area (Å²) in [4.78, 5) is 58.6. The van der Waals surface area contributed by atoms with Crippen molar-refractivity contribution in [2.45, 2.75) is 57.2 Å². The van der Waals surface area contributed by atoms with E-state index in [9.17, 15) is 29.1 Å². The molecule has 0 fully saturated rings. The van der Waals surface area contributed by atoms with E-state index < -0.39 is 54.6 Å². The topological polar surface area (TPSA) is 196 Å². The molecular weight excluding hydrogens is 482 g/mol. The molecule has 0 bridgehead atoms. The molecule has 0 aliphatic heterocycles. The van der Waals surface area contributed by atoms with Gasteiger partial charge in [0.15, 0.2) is 0 Å². The van der Waals surface area contributed by atoms with E-state index in [4.69, 9.17) is 15.9 Å². The highest BCUT2D eigenvalue weighted by Crippen LogP contribution is 2.21. The molecule has 0 aliphatic carbocycles. The zero-order valence-corrected chi connectivity index (χ0v) is 20.2. The lowest BCUT2D eigenvalue weighted by atomic mass is 10.0. The molecule has 2 aromatic rings. The molecule has 0 aliphatic rings. The number of aliphatic hydroxyl groups is 1. The SMILES string of the molecule is NC(=O)[C@H](CCC(=O)O)NC(=O)C(CCC(=O)O)NC(=O)CCc1ccc(-c2cccc(CO)c2)cc1. The number of nitrogens with one attached hydrogen (secondary N) is 2. The first kappa shape index (κ1) is 29.0. The second-order valence-corrected chi connectivity index (χ2v) is 8.50. The maximum absolute atomic E-state index is 12.7. The van der Waals surface area contributed by atoms with Gasteiger partial charge in [0.05, 0.1) is 6.61 Å². The van der Waals surface area contributed by atoms with Crippen LogP contribution in [0.2, 0.25) is 0 Å². The van der Waals surface area contributed by atoms with Gasteiger partial charge in [0.2, 0.25) is 17.7 Å². The van der Waals surface area contributed by atoms with Gasteiger partial charge in [-0.3, -0.25) is 24.0 Å². The minimum Gasteiger partial charge on any atom is -0.481 e. The fraction of sp³-hybridized carbons (Fsp3) is 0.346. The van der Waals surface area contributed by atoms with Crippen LogP contribution in [0.1, 0.15) is 43.2 Å². The molecule has 1 unspecified atom stereocenters. The largest absolute Gasteiger partial charge is 0.481 e. The van der Waals surface area contributed by atoms with Gasteiger partial charge in [-0.05, 0) is 47.6 Å². The number of amides is 3. The van der Waals surface area contributed by atoms with Gasteiger partial charge in [-0.25, -0.2) is 0 Å². The first-order chi connectivity index (χ1) is 17.6. The van der Waals surface area contributed by atoms with E-state index in [1.807, 2.05) is 48.5 Å². The Morgan fingerprint density at radius 1 is 0.757 bits per heavy atom. The Kier molecular flexibility index (Phi) is 11.2. The molecule has 2 atom stereocenters. The van der Waals surface area contributed by atoms with Gasteiger partial charge in [-0.1, -0.05) is 42.5 Å². The molecule has 2 rings (SSSR count). The summed E-state index contributed by atoms with van der Waals surface area (Å²) < 4.78 is 0. The Balaban J connectivity index is 1.98. The summed E-state index contributed by atoms with van der Waals surface area (Å²) in [6, 6.07) is 12.5. The van der Waals surface area contributed by atoms with Crippen LogP contribution in [-0.2, 0) is 37.0 Å². The van der Waals surface area contributed by atoms with Crippen molar-refractivity contribution in [2.75, 3.05) is 0 Å². The fourth-order valence-electron chi connectivity index (χ4n) is 3.60. The predicted molar refractivity (Wildman–Crippen MR) is 133 cm³/mol. The van der Waals surface area contributed by atoms with Gasteiger partial charge in [0.1, 0.15) is 12.1 Å². The average molecular weight is 514 g/mol. The molecule has 198 valence electrons. The molecule has 0 heterocycles. The number of nitrogens with two attached hydrogens (primary N) is 1. The van der Waals surface area contributed by atoms with Crippen molar-refractivity contribution >= 4 is 29.7 Å².